The monoisotopic (exact) mass is 250 g/mol. The van der Waals surface area contributed by atoms with E-state index in [-0.39, 0.29) is 0 Å². The molecule has 17 heavy (non-hydrogen) atoms. The number of hydrogen-bond acceptors (Lipinski definition) is 3. The zero-order valence-corrected chi connectivity index (χ0v) is 10.9. The summed E-state index contributed by atoms with van der Waals surface area (Å²) in [7, 11) is 0. The molecule has 0 aliphatic rings. The van der Waals surface area contributed by atoms with Crippen LogP contribution in [-0.4, -0.2) is 14.8 Å². The maximum absolute atomic E-state index is 6.15. The van der Waals surface area contributed by atoms with Crippen LogP contribution in [0.3, 0.4) is 0 Å². The first kappa shape index (κ1) is 12.1. The van der Waals surface area contributed by atoms with Crippen molar-refractivity contribution in [3.05, 3.63) is 39.9 Å². The number of pyridine rings is 1. The minimum Gasteiger partial charge on any atom is -0.326 e. The van der Waals surface area contributed by atoms with E-state index < -0.39 is 0 Å². The second-order valence-corrected chi connectivity index (χ2v) is 4.43. The van der Waals surface area contributed by atoms with Gasteiger partial charge in [-0.25, -0.2) is 4.68 Å². The molecule has 2 aromatic heterocycles. The van der Waals surface area contributed by atoms with Gasteiger partial charge in [0.05, 0.1) is 22.1 Å². The molecule has 0 aliphatic carbocycles. The Bertz CT molecular complexity index is 560. The molecule has 0 fully saturated rings. The third kappa shape index (κ3) is 2.06. The number of nitrogens with two attached hydrogens (primary N) is 1. The van der Waals surface area contributed by atoms with Gasteiger partial charge in [-0.2, -0.15) is 5.10 Å². The van der Waals surface area contributed by atoms with Gasteiger partial charge in [0.25, 0.3) is 0 Å². The number of aromatic nitrogens is 3. The second kappa shape index (κ2) is 4.47. The van der Waals surface area contributed by atoms with E-state index in [1.807, 2.05) is 31.5 Å². The highest BCUT2D eigenvalue weighted by Gasteiger charge is 2.13. The van der Waals surface area contributed by atoms with Crippen molar-refractivity contribution in [3.63, 3.8) is 0 Å². The predicted molar refractivity (Wildman–Crippen MR) is 68.5 cm³/mol. The summed E-state index contributed by atoms with van der Waals surface area (Å²) < 4.78 is 1.83. The zero-order chi connectivity index (χ0) is 12.6. The van der Waals surface area contributed by atoms with Crippen LogP contribution in [0, 0.1) is 20.8 Å². The largest absolute Gasteiger partial charge is 0.326 e. The Morgan fingerprint density at radius 1 is 1.35 bits per heavy atom. The standard InChI is InChI=1S/C12H15ClN4/c1-7-4-11(10(5-14)6-15-7)17-9(3)12(13)8(2)16-17/h4,6H,5,14H2,1-3H3. The Morgan fingerprint density at radius 2 is 2.06 bits per heavy atom. The Hall–Kier alpha value is -1.39. The van der Waals surface area contributed by atoms with E-state index in [1.54, 1.807) is 6.20 Å². The summed E-state index contributed by atoms with van der Waals surface area (Å²) >= 11 is 6.15. The van der Waals surface area contributed by atoms with Crippen LogP contribution in [0.1, 0.15) is 22.6 Å². The fraction of sp³-hybridized carbons (Fsp3) is 0.333. The lowest BCUT2D eigenvalue weighted by Crippen LogP contribution is -2.08. The smallest absolute Gasteiger partial charge is 0.0848 e. The first-order valence-corrected chi connectivity index (χ1v) is 5.80. The Balaban J connectivity index is 2.67. The topological polar surface area (TPSA) is 56.7 Å². The molecule has 2 rings (SSSR count). The summed E-state index contributed by atoms with van der Waals surface area (Å²) in [6.45, 7) is 6.20. The lowest BCUT2D eigenvalue weighted by molar-refractivity contribution is 0.811. The first-order valence-electron chi connectivity index (χ1n) is 5.42. The lowest BCUT2D eigenvalue weighted by atomic mass is 10.2. The van der Waals surface area contributed by atoms with Crippen molar-refractivity contribution in [2.45, 2.75) is 27.3 Å². The molecule has 0 saturated carbocycles. The second-order valence-electron chi connectivity index (χ2n) is 4.06. The molecule has 2 aromatic rings. The van der Waals surface area contributed by atoms with E-state index in [0.717, 1.165) is 28.3 Å². The Morgan fingerprint density at radius 3 is 2.59 bits per heavy atom. The first-order chi connectivity index (χ1) is 8.04. The summed E-state index contributed by atoms with van der Waals surface area (Å²) in [5, 5.41) is 5.13. The van der Waals surface area contributed by atoms with Crippen LogP contribution in [0.15, 0.2) is 12.3 Å². The molecule has 2 heterocycles. The van der Waals surface area contributed by atoms with Crippen molar-refractivity contribution in [2.75, 3.05) is 0 Å². The van der Waals surface area contributed by atoms with Crippen LogP contribution in [0.2, 0.25) is 5.02 Å². The average molecular weight is 251 g/mol. The molecule has 0 saturated heterocycles. The fourth-order valence-corrected chi connectivity index (χ4v) is 1.90. The number of aryl methyl sites for hydroxylation is 2. The van der Waals surface area contributed by atoms with Crippen molar-refractivity contribution in [3.8, 4) is 5.69 Å². The van der Waals surface area contributed by atoms with Crippen LogP contribution in [-0.2, 0) is 6.54 Å². The predicted octanol–water partition coefficient (Wildman–Crippen LogP) is 2.30. The molecule has 0 amide bonds. The summed E-state index contributed by atoms with van der Waals surface area (Å²) in [5.74, 6) is 0. The summed E-state index contributed by atoms with van der Waals surface area (Å²) in [6, 6.07) is 1.97. The van der Waals surface area contributed by atoms with E-state index in [9.17, 15) is 0 Å². The molecule has 0 aromatic carbocycles. The molecule has 0 atom stereocenters. The van der Waals surface area contributed by atoms with E-state index >= 15 is 0 Å². The van der Waals surface area contributed by atoms with Crippen molar-refractivity contribution < 1.29 is 0 Å². The van der Waals surface area contributed by atoms with Gasteiger partial charge < -0.3 is 5.73 Å². The quantitative estimate of drug-likeness (QED) is 0.890. The van der Waals surface area contributed by atoms with Gasteiger partial charge in [0.2, 0.25) is 0 Å². The van der Waals surface area contributed by atoms with Gasteiger partial charge in [-0.3, -0.25) is 4.98 Å². The van der Waals surface area contributed by atoms with Crippen molar-refractivity contribution in [1.29, 1.82) is 0 Å². The third-order valence-electron chi connectivity index (χ3n) is 2.75. The van der Waals surface area contributed by atoms with E-state index in [1.165, 1.54) is 0 Å². The molecule has 0 bridgehead atoms. The summed E-state index contributed by atoms with van der Waals surface area (Å²) in [6.07, 6.45) is 1.79. The van der Waals surface area contributed by atoms with Gasteiger partial charge in [-0.15, -0.1) is 0 Å². The van der Waals surface area contributed by atoms with Gasteiger partial charge in [-0.1, -0.05) is 11.6 Å². The maximum Gasteiger partial charge on any atom is 0.0848 e. The molecule has 2 N–H and O–H groups in total. The molecule has 5 heteroatoms. The zero-order valence-electron chi connectivity index (χ0n) is 10.2. The Labute approximate surface area is 105 Å². The van der Waals surface area contributed by atoms with Crippen molar-refractivity contribution in [1.82, 2.24) is 14.8 Å². The van der Waals surface area contributed by atoms with Gasteiger partial charge in [-0.05, 0) is 26.8 Å². The molecule has 0 unspecified atom stereocenters. The molecular weight excluding hydrogens is 236 g/mol. The summed E-state index contributed by atoms with van der Waals surface area (Å²) in [4.78, 5) is 4.24. The highest BCUT2D eigenvalue weighted by molar-refractivity contribution is 6.31. The Kier molecular flexibility index (Phi) is 3.17. The highest BCUT2D eigenvalue weighted by atomic mass is 35.5. The van der Waals surface area contributed by atoms with E-state index in [0.29, 0.717) is 11.6 Å². The van der Waals surface area contributed by atoms with Gasteiger partial charge in [0, 0.05) is 24.0 Å². The van der Waals surface area contributed by atoms with Gasteiger partial charge >= 0.3 is 0 Å². The molecule has 0 spiro atoms. The highest BCUT2D eigenvalue weighted by Crippen LogP contribution is 2.24. The van der Waals surface area contributed by atoms with Crippen LogP contribution < -0.4 is 5.73 Å². The third-order valence-corrected chi connectivity index (χ3v) is 3.30. The van der Waals surface area contributed by atoms with E-state index in [4.69, 9.17) is 17.3 Å². The van der Waals surface area contributed by atoms with Crippen LogP contribution in [0.25, 0.3) is 5.69 Å². The average Bonchev–Trinajstić information content (AvgIpc) is 2.57. The SMILES string of the molecule is Cc1cc(-n2nc(C)c(Cl)c2C)c(CN)cn1. The van der Waals surface area contributed by atoms with Gasteiger partial charge in [0.1, 0.15) is 0 Å². The lowest BCUT2D eigenvalue weighted by Gasteiger charge is -2.10. The minimum absolute atomic E-state index is 0.429. The molecule has 0 radical (unpaired) electrons. The number of nitrogens with zero attached hydrogens (tertiary/aromatic N) is 3. The fourth-order valence-electron chi connectivity index (χ4n) is 1.79. The minimum atomic E-state index is 0.429. The van der Waals surface area contributed by atoms with E-state index in [2.05, 4.69) is 10.1 Å². The molecular formula is C12H15ClN4. The molecule has 90 valence electrons. The van der Waals surface area contributed by atoms with Gasteiger partial charge in [0.15, 0.2) is 0 Å². The van der Waals surface area contributed by atoms with Crippen LogP contribution >= 0.6 is 11.6 Å². The maximum atomic E-state index is 6.15. The van der Waals surface area contributed by atoms with Crippen molar-refractivity contribution in [2.24, 2.45) is 5.73 Å². The van der Waals surface area contributed by atoms with Crippen LogP contribution in [0.5, 0.6) is 0 Å². The van der Waals surface area contributed by atoms with Crippen LogP contribution in [0.4, 0.5) is 0 Å². The summed E-state index contributed by atoms with van der Waals surface area (Å²) in [5.41, 5.74) is 10.3. The molecule has 0 aliphatic heterocycles. The molecule has 4 nitrogen and oxygen atoms in total. The van der Waals surface area contributed by atoms with Crippen molar-refractivity contribution >= 4 is 11.6 Å². The number of rotatable bonds is 2. The number of hydrogen-bond donors (Lipinski definition) is 1. The number of halogens is 1. The normalized spacial score (nSPS) is 10.9.